The van der Waals surface area contributed by atoms with Crippen molar-refractivity contribution in [1.82, 2.24) is 23.8 Å². The quantitative estimate of drug-likeness (QED) is 0.249. The normalized spacial score (nSPS) is 21.1. The smallest absolute Gasteiger partial charge is 0.243 e. The first-order chi connectivity index (χ1) is 21.5. The summed E-state index contributed by atoms with van der Waals surface area (Å²) in [5.41, 5.74) is 6.64. The first-order valence-corrected chi connectivity index (χ1v) is 16.2. The largest absolute Gasteiger partial charge is 0.369 e. The monoisotopic (exact) mass is 642 g/mol. The summed E-state index contributed by atoms with van der Waals surface area (Å²) in [6.07, 6.45) is 4.89. The third-order valence-corrected chi connectivity index (χ3v) is 10.4. The number of imidazole rings is 1. The summed E-state index contributed by atoms with van der Waals surface area (Å²) in [5.74, 6) is -3.65. The number of hydrogen-bond donors (Lipinski definition) is 3. The zero-order valence-corrected chi connectivity index (χ0v) is 25.3. The topological polar surface area (TPSA) is 148 Å². The SMILES string of the molecule is Cc1ccc(S(=O)(=O)N2CCC[C@@H](Nc3ncc4nc(Nc5c(F)cc(F)cc5F)n([C@H]5CC[C@H](C(N)=O)CC5)c4n3)C2)cc1. The predicted molar refractivity (Wildman–Crippen MR) is 162 cm³/mol. The Morgan fingerprint density at radius 2 is 1.69 bits per heavy atom. The molecule has 1 aliphatic heterocycles. The molecule has 0 bridgehead atoms. The van der Waals surface area contributed by atoms with Crippen molar-refractivity contribution in [3.05, 3.63) is 65.6 Å². The van der Waals surface area contributed by atoms with Gasteiger partial charge in [-0.3, -0.25) is 9.36 Å². The summed E-state index contributed by atoms with van der Waals surface area (Å²) in [6, 6.07) is 7.36. The van der Waals surface area contributed by atoms with Crippen molar-refractivity contribution in [2.45, 2.75) is 62.4 Å². The molecule has 238 valence electrons. The number of carbonyl (C=O) groups excluding carboxylic acids is 1. The molecule has 1 atom stereocenters. The summed E-state index contributed by atoms with van der Waals surface area (Å²) in [7, 11) is -3.69. The highest BCUT2D eigenvalue weighted by atomic mass is 32.2. The molecule has 0 unspecified atom stereocenters. The number of hydrogen-bond acceptors (Lipinski definition) is 8. The molecule has 11 nitrogen and oxygen atoms in total. The summed E-state index contributed by atoms with van der Waals surface area (Å²) in [4.78, 5) is 25.6. The molecule has 45 heavy (non-hydrogen) atoms. The van der Waals surface area contributed by atoms with Crippen LogP contribution in [-0.4, -0.2) is 57.3 Å². The highest BCUT2D eigenvalue weighted by molar-refractivity contribution is 7.89. The summed E-state index contributed by atoms with van der Waals surface area (Å²) in [5, 5.41) is 5.94. The Kier molecular flexibility index (Phi) is 8.39. The average Bonchev–Trinajstić information content (AvgIpc) is 3.36. The molecule has 2 aromatic carbocycles. The van der Waals surface area contributed by atoms with Gasteiger partial charge in [-0.05, 0) is 57.6 Å². The van der Waals surface area contributed by atoms with Crippen molar-refractivity contribution in [2.75, 3.05) is 23.7 Å². The molecule has 2 aromatic heterocycles. The van der Waals surface area contributed by atoms with Gasteiger partial charge in [0, 0.05) is 43.2 Å². The van der Waals surface area contributed by atoms with Crippen LogP contribution < -0.4 is 16.4 Å². The number of benzene rings is 2. The first-order valence-electron chi connectivity index (χ1n) is 14.8. The van der Waals surface area contributed by atoms with E-state index in [9.17, 15) is 26.4 Å². The highest BCUT2D eigenvalue weighted by Gasteiger charge is 2.32. The molecule has 1 saturated carbocycles. The summed E-state index contributed by atoms with van der Waals surface area (Å²) >= 11 is 0. The average molecular weight is 643 g/mol. The molecule has 2 aliphatic rings. The number of rotatable bonds is 8. The van der Waals surface area contributed by atoms with E-state index in [0.717, 1.165) is 5.56 Å². The number of fused-ring (bicyclic) bond motifs is 1. The van der Waals surface area contributed by atoms with Gasteiger partial charge >= 0.3 is 0 Å². The van der Waals surface area contributed by atoms with Gasteiger partial charge in [-0.2, -0.15) is 9.29 Å². The zero-order chi connectivity index (χ0) is 31.9. The maximum Gasteiger partial charge on any atom is 0.243 e. The number of primary amides is 1. The lowest BCUT2D eigenvalue weighted by molar-refractivity contribution is -0.122. The molecular formula is C30H33F3N8O3S. The number of aryl methyl sites for hydroxylation is 1. The number of sulfonamides is 1. The Balaban J connectivity index is 1.30. The van der Waals surface area contributed by atoms with Crippen LogP contribution in [0, 0.1) is 30.3 Å². The third-order valence-electron chi connectivity index (χ3n) is 8.52. The molecule has 1 aliphatic carbocycles. The molecule has 15 heteroatoms. The van der Waals surface area contributed by atoms with Crippen LogP contribution in [0.3, 0.4) is 0 Å². The Morgan fingerprint density at radius 1 is 1.00 bits per heavy atom. The van der Waals surface area contributed by atoms with Gasteiger partial charge in [0.2, 0.25) is 27.8 Å². The van der Waals surface area contributed by atoms with Gasteiger partial charge in [-0.15, -0.1) is 0 Å². The Labute approximate surface area is 258 Å². The number of anilines is 3. The fourth-order valence-electron chi connectivity index (χ4n) is 6.11. The van der Waals surface area contributed by atoms with Crippen LogP contribution >= 0.6 is 0 Å². The molecule has 0 spiro atoms. The van der Waals surface area contributed by atoms with Crippen molar-refractivity contribution in [1.29, 1.82) is 0 Å². The van der Waals surface area contributed by atoms with E-state index < -0.39 is 33.2 Å². The van der Waals surface area contributed by atoms with Crippen molar-refractivity contribution in [2.24, 2.45) is 11.7 Å². The van der Waals surface area contributed by atoms with Gasteiger partial charge in [-0.25, -0.2) is 31.6 Å². The fraction of sp³-hybridized carbons (Fsp3) is 0.400. The molecule has 2 fully saturated rings. The molecule has 4 aromatic rings. The van der Waals surface area contributed by atoms with Crippen LogP contribution in [-0.2, 0) is 14.8 Å². The van der Waals surface area contributed by atoms with Gasteiger partial charge in [0.05, 0.1) is 11.1 Å². The van der Waals surface area contributed by atoms with Gasteiger partial charge in [0.25, 0.3) is 0 Å². The van der Waals surface area contributed by atoms with E-state index >= 15 is 0 Å². The van der Waals surface area contributed by atoms with E-state index in [2.05, 4.69) is 20.6 Å². The minimum atomic E-state index is -3.69. The van der Waals surface area contributed by atoms with E-state index in [4.69, 9.17) is 10.7 Å². The van der Waals surface area contributed by atoms with Crippen LogP contribution in [0.25, 0.3) is 11.2 Å². The molecular weight excluding hydrogens is 609 g/mol. The molecule has 1 amide bonds. The Bertz CT molecular complexity index is 1820. The maximum absolute atomic E-state index is 14.6. The lowest BCUT2D eigenvalue weighted by Crippen LogP contribution is -2.45. The van der Waals surface area contributed by atoms with Gasteiger partial charge in [0.15, 0.2) is 17.3 Å². The Hall–Kier alpha value is -4.24. The molecule has 3 heterocycles. The minimum absolute atomic E-state index is 0.0800. The first kappa shape index (κ1) is 30.8. The van der Waals surface area contributed by atoms with Crippen LogP contribution in [0.1, 0.15) is 50.1 Å². The van der Waals surface area contributed by atoms with Crippen LogP contribution in [0.2, 0.25) is 0 Å². The van der Waals surface area contributed by atoms with E-state index in [1.807, 2.05) is 6.92 Å². The molecule has 4 N–H and O–H groups in total. The van der Waals surface area contributed by atoms with Gasteiger partial charge in [0.1, 0.15) is 17.0 Å². The number of nitrogens with one attached hydrogen (secondary N) is 2. The molecule has 1 saturated heterocycles. The summed E-state index contributed by atoms with van der Waals surface area (Å²) < 4.78 is 72.6. The van der Waals surface area contributed by atoms with Crippen LogP contribution in [0.5, 0.6) is 0 Å². The third kappa shape index (κ3) is 6.31. The maximum atomic E-state index is 14.6. The number of amides is 1. The second-order valence-electron chi connectivity index (χ2n) is 11.6. The highest BCUT2D eigenvalue weighted by Crippen LogP contribution is 2.37. The van der Waals surface area contributed by atoms with E-state index in [1.165, 1.54) is 10.5 Å². The number of aromatic nitrogens is 4. The van der Waals surface area contributed by atoms with Crippen molar-refractivity contribution < 1.29 is 26.4 Å². The predicted octanol–water partition coefficient (Wildman–Crippen LogP) is 4.78. The molecule has 6 rings (SSSR count). The van der Waals surface area contributed by atoms with Crippen molar-refractivity contribution >= 4 is 44.7 Å². The van der Waals surface area contributed by atoms with Gasteiger partial charge < -0.3 is 16.4 Å². The summed E-state index contributed by atoms with van der Waals surface area (Å²) in [6.45, 7) is 2.50. The molecule has 0 radical (unpaired) electrons. The van der Waals surface area contributed by atoms with Crippen molar-refractivity contribution in [3.8, 4) is 0 Å². The van der Waals surface area contributed by atoms with E-state index in [-0.39, 0.29) is 47.2 Å². The number of carbonyl (C=O) groups is 1. The van der Waals surface area contributed by atoms with Crippen LogP contribution in [0.15, 0.2) is 47.5 Å². The Morgan fingerprint density at radius 3 is 2.36 bits per heavy atom. The van der Waals surface area contributed by atoms with Crippen LogP contribution in [0.4, 0.5) is 30.8 Å². The second-order valence-corrected chi connectivity index (χ2v) is 13.6. The standard InChI is InChI=1S/C30H33F3N8O3S/c1-17-4-10-22(11-5-17)45(43,44)40-12-2-3-20(16-40)36-29-35-15-25-28(39-29)41(21-8-6-18(7-9-21)27(34)42)30(37-25)38-26-23(32)13-19(31)14-24(26)33/h4-5,10-11,13-15,18,20-21H,2-3,6-9,12,16H2,1H3,(H2,34,42)(H,37,38)(H,35,36,39)/t18-,20-,21-/m1/s1. The number of piperidine rings is 1. The number of nitrogens with zero attached hydrogens (tertiary/aromatic N) is 5. The minimum Gasteiger partial charge on any atom is -0.369 e. The lowest BCUT2D eigenvalue weighted by atomic mass is 9.85. The fourth-order valence-corrected chi connectivity index (χ4v) is 7.63. The second kappa shape index (κ2) is 12.3. The lowest BCUT2D eigenvalue weighted by Gasteiger charge is -2.32. The van der Waals surface area contributed by atoms with Gasteiger partial charge in [-0.1, -0.05) is 17.7 Å². The number of nitrogens with two attached hydrogens (primary N) is 1. The zero-order valence-electron chi connectivity index (χ0n) is 24.5. The number of halogens is 3. The van der Waals surface area contributed by atoms with Crippen molar-refractivity contribution in [3.63, 3.8) is 0 Å². The van der Waals surface area contributed by atoms with E-state index in [0.29, 0.717) is 68.4 Å². The van der Waals surface area contributed by atoms with E-state index in [1.54, 1.807) is 28.8 Å².